The molecule has 2 atom stereocenters. The Balaban J connectivity index is 3.45. The van der Waals surface area contributed by atoms with Crippen molar-refractivity contribution >= 4 is 11.9 Å². The average Bonchev–Trinajstić information content (AvgIpc) is 3.00. The summed E-state index contributed by atoms with van der Waals surface area (Å²) in [6, 6.07) is 0. The Morgan fingerprint density at radius 2 is 1.09 bits per heavy atom. The van der Waals surface area contributed by atoms with Crippen LogP contribution in [0.5, 0.6) is 0 Å². The molecule has 0 amide bonds. The summed E-state index contributed by atoms with van der Waals surface area (Å²) in [5.74, 6) is -1.87. The van der Waals surface area contributed by atoms with Gasteiger partial charge < -0.3 is 33.7 Å². The Labute approximate surface area is 283 Å². The monoisotopic (exact) mass is 656 g/mol. The van der Waals surface area contributed by atoms with Gasteiger partial charge in [0.25, 0.3) is 0 Å². The van der Waals surface area contributed by atoms with Crippen LogP contribution in [0.3, 0.4) is 0 Å². The first-order chi connectivity index (χ1) is 22.2. The molecule has 0 saturated heterocycles. The van der Waals surface area contributed by atoms with Crippen LogP contribution in [0.25, 0.3) is 0 Å². The van der Waals surface area contributed by atoms with Crippen molar-refractivity contribution in [2.24, 2.45) is 0 Å². The van der Waals surface area contributed by atoms with Gasteiger partial charge in [-0.05, 0) is 32.1 Å². The highest BCUT2D eigenvalue weighted by molar-refractivity contribution is 5.69. The van der Waals surface area contributed by atoms with E-state index in [2.05, 4.69) is 19.1 Å². The molecule has 272 valence electrons. The third-order valence-electron chi connectivity index (χ3n) is 8.24. The molecule has 0 bridgehead atoms. The summed E-state index contributed by atoms with van der Waals surface area (Å²) < 4.78 is 16.0. The van der Waals surface area contributed by atoms with E-state index in [4.69, 9.17) is 14.2 Å². The van der Waals surface area contributed by atoms with E-state index in [-0.39, 0.29) is 25.8 Å². The van der Waals surface area contributed by atoms with Gasteiger partial charge in [0.15, 0.2) is 6.29 Å². The number of allylic oxidation sites excluding steroid dienone is 2. The van der Waals surface area contributed by atoms with Crippen molar-refractivity contribution in [3.8, 4) is 0 Å². The van der Waals surface area contributed by atoms with Crippen LogP contribution < -0.4 is 5.11 Å². The van der Waals surface area contributed by atoms with E-state index in [0.29, 0.717) is 17.4 Å². The highest BCUT2D eigenvalue weighted by atomic mass is 16.7. The first-order valence-electron chi connectivity index (χ1n) is 18.9. The first kappa shape index (κ1) is 44.5. The van der Waals surface area contributed by atoms with Crippen LogP contribution in [0, 0.1) is 0 Å². The predicted octanol–water partition coefficient (Wildman–Crippen LogP) is 7.64. The molecule has 8 heteroatoms. The molecule has 0 aliphatic carbocycles. The molecule has 0 rings (SSSR count). The van der Waals surface area contributed by atoms with Gasteiger partial charge >= 0.3 is 5.97 Å². The summed E-state index contributed by atoms with van der Waals surface area (Å²) in [5, 5.41) is 21.1. The molecule has 0 saturated carbocycles. The summed E-state index contributed by atoms with van der Waals surface area (Å²) in [6.07, 6.45) is 32.2. The second kappa shape index (κ2) is 32.1. The molecule has 0 spiro atoms. The smallest absolute Gasteiger partial charge is 0.305 e. The maximum Gasteiger partial charge on any atom is 0.305 e. The molecule has 0 fully saturated rings. The Hall–Kier alpha value is -1.48. The summed E-state index contributed by atoms with van der Waals surface area (Å²) >= 11 is 0. The third kappa shape index (κ3) is 33.9. The highest BCUT2D eigenvalue weighted by Crippen LogP contribution is 2.14. The lowest BCUT2D eigenvalue weighted by Crippen LogP contribution is -2.44. The average molecular weight is 656 g/mol. The van der Waals surface area contributed by atoms with Crippen molar-refractivity contribution < 1.29 is 38.5 Å². The summed E-state index contributed by atoms with van der Waals surface area (Å²) in [6.45, 7) is 2.47. The van der Waals surface area contributed by atoms with Gasteiger partial charge in [0.05, 0.1) is 40.3 Å². The van der Waals surface area contributed by atoms with E-state index in [9.17, 15) is 19.8 Å². The van der Waals surface area contributed by atoms with Gasteiger partial charge in [-0.1, -0.05) is 135 Å². The number of carbonyl (C=O) groups excluding carboxylic acids is 2. The predicted molar refractivity (Wildman–Crippen MR) is 186 cm³/mol. The van der Waals surface area contributed by atoms with Crippen molar-refractivity contribution in [3.05, 3.63) is 12.2 Å². The molecule has 0 heterocycles. The lowest BCUT2D eigenvalue weighted by molar-refractivity contribution is -0.870. The van der Waals surface area contributed by atoms with Crippen LogP contribution in [0.4, 0.5) is 0 Å². The number of aliphatic hydroxyl groups excluding tert-OH is 1. The number of hydrogen-bond donors (Lipinski definition) is 1. The zero-order valence-corrected chi connectivity index (χ0v) is 30.5. The quantitative estimate of drug-likeness (QED) is 0.0246. The molecule has 0 radical (unpaired) electrons. The zero-order chi connectivity index (χ0) is 34.1. The third-order valence-corrected chi connectivity index (χ3v) is 8.24. The van der Waals surface area contributed by atoms with Crippen LogP contribution in [-0.4, -0.2) is 81.4 Å². The van der Waals surface area contributed by atoms with Crippen molar-refractivity contribution in [1.82, 2.24) is 0 Å². The van der Waals surface area contributed by atoms with E-state index in [0.717, 1.165) is 19.3 Å². The van der Waals surface area contributed by atoms with Gasteiger partial charge in [0.1, 0.15) is 19.3 Å². The number of aliphatic hydroxyl groups is 1. The molecule has 0 aromatic heterocycles. The van der Waals surface area contributed by atoms with E-state index in [1.54, 1.807) is 0 Å². The SMILES string of the molecule is CCCCCCCCCC/C=C\CCCCCCCCCCCCCCCC(=O)OCC(O)COC(OCC[N+](C)(C)C)C(=O)[O-]. The fraction of sp³-hybridized carbons (Fsp3) is 0.895. The van der Waals surface area contributed by atoms with Gasteiger partial charge in [-0.25, -0.2) is 0 Å². The van der Waals surface area contributed by atoms with Gasteiger partial charge in [-0.3, -0.25) is 4.79 Å². The number of ether oxygens (including phenoxy) is 3. The largest absolute Gasteiger partial charge is 0.545 e. The lowest BCUT2D eigenvalue weighted by Gasteiger charge is -2.26. The van der Waals surface area contributed by atoms with Crippen molar-refractivity contribution in [1.29, 1.82) is 0 Å². The lowest BCUT2D eigenvalue weighted by atomic mass is 10.0. The summed E-state index contributed by atoms with van der Waals surface area (Å²) in [7, 11) is 5.87. The maximum absolute atomic E-state index is 12.0. The fourth-order valence-corrected chi connectivity index (χ4v) is 5.23. The maximum atomic E-state index is 12.0. The number of rotatable bonds is 35. The molecular weight excluding hydrogens is 582 g/mol. The van der Waals surface area contributed by atoms with Crippen LogP contribution in [0.2, 0.25) is 0 Å². The number of carboxylic acids is 1. The second-order valence-corrected chi connectivity index (χ2v) is 14.1. The molecule has 1 N–H and O–H groups in total. The Bertz CT molecular complexity index is 722. The number of likely N-dealkylation sites (N-methyl/N-ethyl adjacent to an activating group) is 1. The molecule has 0 aliphatic heterocycles. The van der Waals surface area contributed by atoms with E-state index >= 15 is 0 Å². The molecule has 0 aromatic rings. The number of carbonyl (C=O) groups is 2. The molecular formula is C38H73NO7. The summed E-state index contributed by atoms with van der Waals surface area (Å²) in [5.41, 5.74) is 0. The van der Waals surface area contributed by atoms with Gasteiger partial charge in [0, 0.05) is 6.42 Å². The fourth-order valence-electron chi connectivity index (χ4n) is 5.23. The van der Waals surface area contributed by atoms with Gasteiger partial charge in [-0.2, -0.15) is 0 Å². The van der Waals surface area contributed by atoms with E-state index in [1.807, 2.05) is 21.1 Å². The minimum Gasteiger partial charge on any atom is -0.545 e. The Morgan fingerprint density at radius 3 is 1.52 bits per heavy atom. The molecule has 46 heavy (non-hydrogen) atoms. The first-order valence-corrected chi connectivity index (χ1v) is 18.9. The number of unbranched alkanes of at least 4 members (excludes halogenated alkanes) is 21. The minimum absolute atomic E-state index is 0.172. The number of hydrogen-bond acceptors (Lipinski definition) is 7. The topological polar surface area (TPSA) is 105 Å². The van der Waals surface area contributed by atoms with Crippen LogP contribution in [0.1, 0.15) is 161 Å². The molecule has 0 aromatic carbocycles. The number of quaternary nitrogens is 1. The van der Waals surface area contributed by atoms with Crippen molar-refractivity contribution in [3.63, 3.8) is 0 Å². The second-order valence-electron chi connectivity index (χ2n) is 14.1. The standard InChI is InChI=1S/C38H73NO7/c1-5-6-7-8-9-10-11-12-13-14-15-16-17-18-19-20-21-22-23-24-25-26-27-28-29-30-36(41)45-33-35(40)34-46-38(37(42)43)44-32-31-39(2,3)4/h14-15,35,38,40H,5-13,16-34H2,1-4H3/b15-14-. The zero-order valence-electron chi connectivity index (χ0n) is 30.5. The van der Waals surface area contributed by atoms with Gasteiger partial charge in [-0.15, -0.1) is 0 Å². The van der Waals surface area contributed by atoms with Gasteiger partial charge in [0.2, 0.25) is 0 Å². The molecule has 8 nitrogen and oxygen atoms in total. The van der Waals surface area contributed by atoms with E-state index < -0.39 is 18.4 Å². The minimum atomic E-state index is -1.57. The molecule has 2 unspecified atom stereocenters. The molecule has 0 aliphatic rings. The van der Waals surface area contributed by atoms with Crippen LogP contribution in [-0.2, 0) is 23.8 Å². The number of carboxylic acid groups (broad SMARTS) is 1. The Morgan fingerprint density at radius 1 is 0.652 bits per heavy atom. The number of aliphatic carboxylic acids is 1. The van der Waals surface area contributed by atoms with Crippen molar-refractivity contribution in [2.45, 2.75) is 173 Å². The van der Waals surface area contributed by atoms with Crippen molar-refractivity contribution in [2.75, 3.05) is 47.5 Å². The normalized spacial score (nSPS) is 13.3. The van der Waals surface area contributed by atoms with Crippen LogP contribution in [0.15, 0.2) is 12.2 Å². The van der Waals surface area contributed by atoms with Crippen LogP contribution >= 0.6 is 0 Å². The highest BCUT2D eigenvalue weighted by Gasteiger charge is 2.17. The summed E-state index contributed by atoms with van der Waals surface area (Å²) in [4.78, 5) is 23.1. The number of nitrogens with zero attached hydrogens (tertiary/aromatic N) is 1. The Kier molecular flexibility index (Phi) is 31.1. The van der Waals surface area contributed by atoms with E-state index in [1.165, 1.54) is 128 Å². The number of esters is 1.